The van der Waals surface area contributed by atoms with Crippen LogP contribution < -0.4 is 5.56 Å². The molecule has 1 aromatic heterocycles. The maximum atomic E-state index is 13.7. The summed E-state index contributed by atoms with van der Waals surface area (Å²) in [6, 6.07) is 14.4. The Balaban J connectivity index is 1.90. The van der Waals surface area contributed by atoms with Crippen LogP contribution in [0.15, 0.2) is 53.3 Å². The highest BCUT2D eigenvalue weighted by Gasteiger charge is 2.33. The van der Waals surface area contributed by atoms with Crippen molar-refractivity contribution in [1.29, 1.82) is 0 Å². The van der Waals surface area contributed by atoms with Gasteiger partial charge in [-0.25, -0.2) is 4.98 Å². The van der Waals surface area contributed by atoms with Gasteiger partial charge in [0, 0.05) is 17.5 Å². The van der Waals surface area contributed by atoms with E-state index in [2.05, 4.69) is 13.8 Å². The monoisotopic (exact) mass is 465 g/mol. The fourth-order valence-electron chi connectivity index (χ4n) is 5.03. The predicted octanol–water partition coefficient (Wildman–Crippen LogP) is 6.31. The summed E-state index contributed by atoms with van der Waals surface area (Å²) >= 11 is 6.30. The first-order valence-corrected chi connectivity index (χ1v) is 12.5. The minimum absolute atomic E-state index is 0.0612. The van der Waals surface area contributed by atoms with E-state index >= 15 is 0 Å². The molecule has 1 atom stereocenters. The molecule has 3 aromatic rings. The number of halogens is 1. The third-order valence-corrected chi connectivity index (χ3v) is 6.87. The molecule has 1 amide bonds. The van der Waals surface area contributed by atoms with Crippen LogP contribution in [0.2, 0.25) is 5.02 Å². The Labute approximate surface area is 200 Å². The molecule has 0 saturated heterocycles. The number of fused-ring (bicyclic) bond motifs is 1. The van der Waals surface area contributed by atoms with Crippen LogP contribution in [0.1, 0.15) is 70.7 Å². The number of rotatable bonds is 7. The Kier molecular flexibility index (Phi) is 7.49. The molecule has 174 valence electrons. The molecule has 1 heterocycles. The summed E-state index contributed by atoms with van der Waals surface area (Å²) in [6.45, 7) is 4.79. The van der Waals surface area contributed by atoms with Gasteiger partial charge in [0.25, 0.3) is 5.56 Å². The summed E-state index contributed by atoms with van der Waals surface area (Å²) < 4.78 is 1.65. The van der Waals surface area contributed by atoms with Gasteiger partial charge in [0.15, 0.2) is 0 Å². The summed E-state index contributed by atoms with van der Waals surface area (Å²) in [6.07, 6.45) is 6.83. The molecular formula is C27H32ClN3O2. The first-order valence-electron chi connectivity index (χ1n) is 12.1. The second kappa shape index (κ2) is 10.5. The molecule has 1 aliphatic rings. The Morgan fingerprint density at radius 2 is 1.88 bits per heavy atom. The number of benzene rings is 2. The highest BCUT2D eigenvalue weighted by atomic mass is 35.5. The van der Waals surface area contributed by atoms with Gasteiger partial charge in [0.1, 0.15) is 5.82 Å². The molecule has 0 aliphatic heterocycles. The Hall–Kier alpha value is -2.66. The molecule has 0 bridgehead atoms. The second-order valence-corrected chi connectivity index (χ2v) is 9.33. The number of amides is 1. The molecule has 33 heavy (non-hydrogen) atoms. The molecule has 1 fully saturated rings. The van der Waals surface area contributed by atoms with Crippen LogP contribution in [0.25, 0.3) is 16.6 Å². The summed E-state index contributed by atoms with van der Waals surface area (Å²) in [7, 11) is 0. The maximum absolute atomic E-state index is 13.7. The van der Waals surface area contributed by atoms with Gasteiger partial charge in [-0.2, -0.15) is 0 Å². The van der Waals surface area contributed by atoms with Crippen LogP contribution in [0, 0.1) is 5.92 Å². The zero-order valence-electron chi connectivity index (χ0n) is 19.5. The summed E-state index contributed by atoms with van der Waals surface area (Å²) in [5.41, 5.74) is 1.18. The molecule has 6 heteroatoms. The molecule has 4 rings (SSSR count). The molecule has 2 aromatic carbocycles. The fourth-order valence-corrected chi connectivity index (χ4v) is 5.21. The van der Waals surface area contributed by atoms with Gasteiger partial charge in [-0.3, -0.25) is 14.2 Å². The zero-order chi connectivity index (χ0) is 23.4. The Bertz CT molecular complexity index is 1180. The Morgan fingerprint density at radius 3 is 2.58 bits per heavy atom. The fraction of sp³-hybridized carbons (Fsp3) is 0.444. The molecule has 0 N–H and O–H groups in total. The molecular weight excluding hydrogens is 434 g/mol. The van der Waals surface area contributed by atoms with Crippen LogP contribution in [0.3, 0.4) is 0 Å². The summed E-state index contributed by atoms with van der Waals surface area (Å²) in [5.74, 6) is 0.857. The lowest BCUT2D eigenvalue weighted by atomic mass is 9.87. The van der Waals surface area contributed by atoms with Crippen molar-refractivity contribution in [3.8, 4) is 5.69 Å². The van der Waals surface area contributed by atoms with Crippen LogP contribution in [-0.4, -0.2) is 26.9 Å². The maximum Gasteiger partial charge on any atom is 0.266 e. The number of carbonyl (C=O) groups is 1. The van der Waals surface area contributed by atoms with E-state index < -0.39 is 0 Å². The standard InChI is InChI=1S/C27H32ClN3O2/c1-3-17-30(26(32)19-11-6-5-7-12-19)24(4-2)25-29-23-16-9-8-15-22(23)27(33)31(25)21-14-10-13-20(28)18-21/h8-10,13-16,18-19,24H,3-7,11-12,17H2,1-2H3. The van der Waals surface area contributed by atoms with Crippen molar-refractivity contribution in [2.75, 3.05) is 6.54 Å². The number of nitrogens with zero attached hydrogens (tertiary/aromatic N) is 3. The molecule has 1 unspecified atom stereocenters. The quantitative estimate of drug-likeness (QED) is 0.411. The van der Waals surface area contributed by atoms with Crippen molar-refractivity contribution in [2.24, 2.45) is 5.92 Å². The normalized spacial score (nSPS) is 15.5. The van der Waals surface area contributed by atoms with Crippen LogP contribution >= 0.6 is 11.6 Å². The van der Waals surface area contributed by atoms with Crippen molar-refractivity contribution in [2.45, 2.75) is 64.8 Å². The van der Waals surface area contributed by atoms with Crippen molar-refractivity contribution in [1.82, 2.24) is 14.5 Å². The van der Waals surface area contributed by atoms with E-state index in [9.17, 15) is 9.59 Å². The van der Waals surface area contributed by atoms with Gasteiger partial charge in [-0.1, -0.05) is 62.9 Å². The van der Waals surface area contributed by atoms with E-state index in [-0.39, 0.29) is 23.4 Å². The summed E-state index contributed by atoms with van der Waals surface area (Å²) in [4.78, 5) is 34.4. The van der Waals surface area contributed by atoms with Gasteiger partial charge in [0.2, 0.25) is 5.91 Å². The lowest BCUT2D eigenvalue weighted by molar-refractivity contribution is -0.139. The molecule has 1 aliphatic carbocycles. The van der Waals surface area contributed by atoms with Gasteiger partial charge in [0.05, 0.1) is 22.6 Å². The van der Waals surface area contributed by atoms with E-state index in [4.69, 9.17) is 16.6 Å². The van der Waals surface area contributed by atoms with E-state index in [0.717, 1.165) is 32.1 Å². The smallest absolute Gasteiger partial charge is 0.266 e. The minimum Gasteiger partial charge on any atom is -0.332 e. The highest BCUT2D eigenvalue weighted by Crippen LogP contribution is 2.32. The van der Waals surface area contributed by atoms with E-state index in [0.29, 0.717) is 40.4 Å². The first kappa shape index (κ1) is 23.5. The largest absolute Gasteiger partial charge is 0.332 e. The average molecular weight is 466 g/mol. The molecule has 1 saturated carbocycles. The lowest BCUT2D eigenvalue weighted by Crippen LogP contribution is -2.42. The lowest BCUT2D eigenvalue weighted by Gasteiger charge is -2.35. The number of para-hydroxylation sites is 1. The first-order chi connectivity index (χ1) is 16.0. The van der Waals surface area contributed by atoms with Gasteiger partial charge >= 0.3 is 0 Å². The molecule has 5 nitrogen and oxygen atoms in total. The van der Waals surface area contributed by atoms with Crippen molar-refractivity contribution >= 4 is 28.4 Å². The SMILES string of the molecule is CCCN(C(=O)C1CCCCC1)C(CC)c1nc2ccccc2c(=O)n1-c1cccc(Cl)c1. The number of hydrogen-bond acceptors (Lipinski definition) is 3. The highest BCUT2D eigenvalue weighted by molar-refractivity contribution is 6.30. The second-order valence-electron chi connectivity index (χ2n) is 8.90. The van der Waals surface area contributed by atoms with Crippen LogP contribution in [-0.2, 0) is 4.79 Å². The zero-order valence-corrected chi connectivity index (χ0v) is 20.2. The Morgan fingerprint density at radius 1 is 1.12 bits per heavy atom. The number of hydrogen-bond donors (Lipinski definition) is 0. The van der Waals surface area contributed by atoms with E-state index in [1.807, 2.05) is 35.2 Å². The third-order valence-electron chi connectivity index (χ3n) is 6.63. The van der Waals surface area contributed by atoms with Gasteiger partial charge in [-0.15, -0.1) is 0 Å². The average Bonchev–Trinajstić information content (AvgIpc) is 2.84. The van der Waals surface area contributed by atoms with Gasteiger partial charge < -0.3 is 4.90 Å². The number of carbonyl (C=O) groups excluding carboxylic acids is 1. The van der Waals surface area contributed by atoms with Gasteiger partial charge in [-0.05, 0) is 56.0 Å². The number of aromatic nitrogens is 2. The molecule has 0 spiro atoms. The summed E-state index contributed by atoms with van der Waals surface area (Å²) in [5, 5.41) is 1.10. The van der Waals surface area contributed by atoms with Crippen molar-refractivity contribution in [3.63, 3.8) is 0 Å². The third kappa shape index (κ3) is 4.84. The minimum atomic E-state index is -0.296. The van der Waals surface area contributed by atoms with Crippen molar-refractivity contribution < 1.29 is 4.79 Å². The van der Waals surface area contributed by atoms with E-state index in [1.54, 1.807) is 22.8 Å². The van der Waals surface area contributed by atoms with Crippen LogP contribution in [0.4, 0.5) is 0 Å². The van der Waals surface area contributed by atoms with Crippen LogP contribution in [0.5, 0.6) is 0 Å². The van der Waals surface area contributed by atoms with Crippen molar-refractivity contribution in [3.05, 3.63) is 69.7 Å². The predicted molar refractivity (Wildman–Crippen MR) is 134 cm³/mol. The van der Waals surface area contributed by atoms with E-state index in [1.165, 1.54) is 6.42 Å². The topological polar surface area (TPSA) is 55.2 Å². The molecule has 0 radical (unpaired) electrons.